The van der Waals surface area contributed by atoms with E-state index in [-0.39, 0.29) is 0 Å². The Kier molecular flexibility index (Phi) is 13.4. The van der Waals surface area contributed by atoms with Crippen LogP contribution in [0.1, 0.15) is 72.6 Å². The molecule has 0 atom stereocenters. The maximum Gasteiger partial charge on any atom is 0.500 e. The molecule has 0 saturated carbocycles. The van der Waals surface area contributed by atoms with E-state index >= 15 is 0 Å². The van der Waals surface area contributed by atoms with Gasteiger partial charge in [-0.1, -0.05) is 38.3 Å². The molecule has 0 rings (SSSR count). The smallest absolute Gasteiger partial charge is 0.374 e. The molecule has 0 aromatic heterocycles. The zero-order chi connectivity index (χ0) is 16.0. The van der Waals surface area contributed by atoms with Gasteiger partial charge in [-0.2, -0.15) is 0 Å². The van der Waals surface area contributed by atoms with E-state index in [1.165, 1.54) is 37.7 Å². The zero-order valence-corrected chi connectivity index (χ0v) is 15.7. The molecule has 0 unspecified atom stereocenters. The van der Waals surface area contributed by atoms with Gasteiger partial charge in [0.2, 0.25) is 0 Å². The van der Waals surface area contributed by atoms with Gasteiger partial charge in [0, 0.05) is 25.9 Å². The highest BCUT2D eigenvalue weighted by atomic mass is 28.4. The predicted octanol–water partition coefficient (Wildman–Crippen LogP) is 5.34. The summed E-state index contributed by atoms with van der Waals surface area (Å²) in [5, 5.41) is 0. The number of hydrogen-bond acceptors (Lipinski definition) is 3. The highest BCUT2D eigenvalue weighted by molar-refractivity contribution is 6.60. The lowest BCUT2D eigenvalue weighted by Gasteiger charge is -2.28. The van der Waals surface area contributed by atoms with Crippen LogP contribution in [0.2, 0.25) is 6.04 Å². The van der Waals surface area contributed by atoms with E-state index in [2.05, 4.69) is 13.5 Å². The summed E-state index contributed by atoms with van der Waals surface area (Å²) in [5.74, 6) is 0. The molecule has 0 N–H and O–H groups in total. The minimum Gasteiger partial charge on any atom is -0.374 e. The number of hydrogen-bond donors (Lipinski definition) is 0. The van der Waals surface area contributed by atoms with E-state index in [1.807, 2.05) is 20.8 Å². The first-order chi connectivity index (χ1) is 10.1. The molecular formula is C17H36O3Si. The molecular weight excluding hydrogens is 280 g/mol. The molecule has 0 saturated heterocycles. The standard InChI is InChI=1S/C17H36O3Si/c1-6-17(5)15-13-11-10-12-14-16-21(18-7-2,19-8-3)20-9-4/h5-16H2,1-4H3. The van der Waals surface area contributed by atoms with Crippen LogP contribution in [0.3, 0.4) is 0 Å². The molecule has 0 aliphatic rings. The molecule has 0 heterocycles. The molecule has 0 amide bonds. The maximum absolute atomic E-state index is 5.87. The van der Waals surface area contributed by atoms with E-state index in [1.54, 1.807) is 0 Å². The van der Waals surface area contributed by atoms with Crippen molar-refractivity contribution in [2.75, 3.05) is 19.8 Å². The summed E-state index contributed by atoms with van der Waals surface area (Å²) >= 11 is 0. The average molecular weight is 317 g/mol. The lowest BCUT2D eigenvalue weighted by molar-refractivity contribution is 0.0706. The predicted molar refractivity (Wildman–Crippen MR) is 92.6 cm³/mol. The van der Waals surface area contributed by atoms with Gasteiger partial charge in [0.15, 0.2) is 0 Å². The summed E-state index contributed by atoms with van der Waals surface area (Å²) in [7, 11) is -2.40. The Morgan fingerprint density at radius 2 is 1.24 bits per heavy atom. The van der Waals surface area contributed by atoms with Crippen LogP contribution in [-0.2, 0) is 13.3 Å². The van der Waals surface area contributed by atoms with Crippen molar-refractivity contribution in [1.82, 2.24) is 0 Å². The fourth-order valence-electron chi connectivity index (χ4n) is 2.42. The van der Waals surface area contributed by atoms with E-state index in [9.17, 15) is 0 Å². The van der Waals surface area contributed by atoms with Crippen molar-refractivity contribution < 1.29 is 13.3 Å². The van der Waals surface area contributed by atoms with Crippen LogP contribution < -0.4 is 0 Å². The highest BCUT2D eigenvalue weighted by Gasteiger charge is 2.39. The Bertz CT molecular complexity index is 239. The van der Waals surface area contributed by atoms with Crippen LogP contribution in [0.25, 0.3) is 0 Å². The van der Waals surface area contributed by atoms with Crippen LogP contribution in [0.4, 0.5) is 0 Å². The Morgan fingerprint density at radius 3 is 1.71 bits per heavy atom. The van der Waals surface area contributed by atoms with Gasteiger partial charge in [-0.05, 0) is 46.5 Å². The molecule has 4 heteroatoms. The third-order valence-corrected chi connectivity index (χ3v) is 6.76. The summed E-state index contributed by atoms with van der Waals surface area (Å²) < 4.78 is 17.6. The third kappa shape index (κ3) is 10.2. The van der Waals surface area contributed by atoms with Crippen molar-refractivity contribution in [3.05, 3.63) is 12.2 Å². The first-order valence-corrected chi connectivity index (χ1v) is 10.7. The summed E-state index contributed by atoms with van der Waals surface area (Å²) in [6.07, 6.45) is 8.54. The second-order valence-electron chi connectivity index (χ2n) is 5.35. The van der Waals surface area contributed by atoms with Crippen LogP contribution in [0, 0.1) is 0 Å². The van der Waals surface area contributed by atoms with E-state index in [0.717, 1.165) is 18.9 Å². The molecule has 21 heavy (non-hydrogen) atoms. The second-order valence-corrected chi connectivity index (χ2v) is 8.09. The van der Waals surface area contributed by atoms with Crippen LogP contribution in [0.5, 0.6) is 0 Å². The summed E-state index contributed by atoms with van der Waals surface area (Å²) in [5.41, 5.74) is 1.38. The average Bonchev–Trinajstić information content (AvgIpc) is 2.46. The van der Waals surface area contributed by atoms with Gasteiger partial charge in [-0.15, -0.1) is 0 Å². The van der Waals surface area contributed by atoms with Gasteiger partial charge in [-0.25, -0.2) is 0 Å². The lowest BCUT2D eigenvalue weighted by atomic mass is 10.1. The van der Waals surface area contributed by atoms with Gasteiger partial charge < -0.3 is 13.3 Å². The quantitative estimate of drug-likeness (QED) is 0.232. The topological polar surface area (TPSA) is 27.7 Å². The van der Waals surface area contributed by atoms with E-state index in [4.69, 9.17) is 13.3 Å². The molecule has 0 radical (unpaired) electrons. The number of unbranched alkanes of at least 4 members (excludes halogenated alkanes) is 4. The summed E-state index contributed by atoms with van der Waals surface area (Å²) in [6, 6.07) is 0.949. The first kappa shape index (κ1) is 20.8. The summed E-state index contributed by atoms with van der Waals surface area (Å²) in [6.45, 7) is 14.3. The maximum atomic E-state index is 5.87. The van der Waals surface area contributed by atoms with Gasteiger partial charge in [0.05, 0.1) is 0 Å². The molecule has 0 aliphatic heterocycles. The van der Waals surface area contributed by atoms with Crippen LogP contribution >= 0.6 is 0 Å². The fraction of sp³-hybridized carbons (Fsp3) is 0.882. The van der Waals surface area contributed by atoms with Crippen molar-refractivity contribution in [3.63, 3.8) is 0 Å². The normalized spacial score (nSPS) is 11.8. The summed E-state index contributed by atoms with van der Waals surface area (Å²) in [4.78, 5) is 0. The Morgan fingerprint density at radius 1 is 0.762 bits per heavy atom. The molecule has 0 bridgehead atoms. The molecule has 0 aromatic carbocycles. The van der Waals surface area contributed by atoms with Crippen molar-refractivity contribution >= 4 is 8.80 Å². The highest BCUT2D eigenvalue weighted by Crippen LogP contribution is 2.21. The van der Waals surface area contributed by atoms with Gasteiger partial charge in [0.1, 0.15) is 0 Å². The zero-order valence-electron chi connectivity index (χ0n) is 14.7. The molecule has 0 aliphatic carbocycles. The van der Waals surface area contributed by atoms with Gasteiger partial charge >= 0.3 is 8.80 Å². The van der Waals surface area contributed by atoms with Crippen molar-refractivity contribution in [3.8, 4) is 0 Å². The fourth-order valence-corrected chi connectivity index (χ4v) is 5.11. The van der Waals surface area contributed by atoms with Crippen molar-refractivity contribution in [1.29, 1.82) is 0 Å². The minimum atomic E-state index is -2.40. The van der Waals surface area contributed by atoms with E-state index in [0.29, 0.717) is 19.8 Å². The molecule has 3 nitrogen and oxygen atoms in total. The monoisotopic (exact) mass is 316 g/mol. The van der Waals surface area contributed by atoms with Crippen molar-refractivity contribution in [2.24, 2.45) is 0 Å². The number of rotatable bonds is 15. The third-order valence-electron chi connectivity index (χ3n) is 3.61. The van der Waals surface area contributed by atoms with Crippen LogP contribution in [0.15, 0.2) is 12.2 Å². The van der Waals surface area contributed by atoms with Gasteiger partial charge in [-0.3, -0.25) is 0 Å². The molecule has 126 valence electrons. The molecule has 0 aromatic rings. The molecule has 0 spiro atoms. The van der Waals surface area contributed by atoms with E-state index < -0.39 is 8.80 Å². The Balaban J connectivity index is 3.88. The first-order valence-electron chi connectivity index (χ1n) is 8.72. The molecule has 0 fully saturated rings. The van der Waals surface area contributed by atoms with Gasteiger partial charge in [0.25, 0.3) is 0 Å². The lowest BCUT2D eigenvalue weighted by Crippen LogP contribution is -2.45. The van der Waals surface area contributed by atoms with Crippen LogP contribution in [-0.4, -0.2) is 28.6 Å². The largest absolute Gasteiger partial charge is 0.500 e. The minimum absolute atomic E-state index is 0.672. The Labute approximate surface area is 133 Å². The van der Waals surface area contributed by atoms with Crippen molar-refractivity contribution in [2.45, 2.75) is 78.7 Å². The second kappa shape index (κ2) is 13.5. The SMILES string of the molecule is C=C(CC)CCCCCCC[Si](OCC)(OCC)OCC. The Hall–Kier alpha value is -0.163. The number of allylic oxidation sites excluding steroid dienone is 1.